The van der Waals surface area contributed by atoms with E-state index in [2.05, 4.69) is 23.8 Å². The molecule has 2 rings (SSSR count). The molecule has 19 heavy (non-hydrogen) atoms. The maximum atomic E-state index is 11.1. The molecule has 1 N–H and O–H groups in total. The molecule has 0 bridgehead atoms. The molecule has 2 aromatic rings. The fraction of sp³-hybridized carbons (Fsp3) is 0.462. The summed E-state index contributed by atoms with van der Waals surface area (Å²) >= 11 is 1.16. The molecular formula is C13H16N2O3S. The predicted octanol–water partition coefficient (Wildman–Crippen LogP) is 3.12. The van der Waals surface area contributed by atoms with Crippen LogP contribution >= 0.6 is 11.3 Å². The first-order chi connectivity index (χ1) is 9.00. The van der Waals surface area contributed by atoms with Gasteiger partial charge in [-0.2, -0.15) is 0 Å². The molecule has 0 saturated carbocycles. The van der Waals surface area contributed by atoms with Crippen LogP contribution in [0.2, 0.25) is 0 Å². The van der Waals surface area contributed by atoms with Crippen LogP contribution in [0.5, 0.6) is 5.88 Å². The summed E-state index contributed by atoms with van der Waals surface area (Å²) in [5.41, 5.74) is 0.674. The highest BCUT2D eigenvalue weighted by molar-refractivity contribution is 7.20. The number of rotatable bonds is 5. The molecule has 0 aromatic carbocycles. The number of nitrogens with zero attached hydrogens (tertiary/aromatic N) is 2. The lowest BCUT2D eigenvalue weighted by atomic mass is 10.1. The number of fused-ring (bicyclic) bond motifs is 1. The van der Waals surface area contributed by atoms with Crippen molar-refractivity contribution in [2.75, 3.05) is 6.61 Å². The highest BCUT2D eigenvalue weighted by Crippen LogP contribution is 2.34. The van der Waals surface area contributed by atoms with E-state index in [1.165, 1.54) is 6.33 Å². The molecule has 0 aliphatic rings. The van der Waals surface area contributed by atoms with Crippen LogP contribution in [0.3, 0.4) is 0 Å². The van der Waals surface area contributed by atoms with Crippen LogP contribution in [0, 0.1) is 12.8 Å². The van der Waals surface area contributed by atoms with Crippen molar-refractivity contribution in [3.8, 4) is 5.88 Å². The third kappa shape index (κ3) is 2.84. The van der Waals surface area contributed by atoms with Gasteiger partial charge in [-0.1, -0.05) is 13.8 Å². The fourth-order valence-electron chi connectivity index (χ4n) is 1.74. The van der Waals surface area contributed by atoms with E-state index >= 15 is 0 Å². The molecule has 0 spiro atoms. The van der Waals surface area contributed by atoms with Gasteiger partial charge in [0.1, 0.15) is 16.0 Å². The molecular weight excluding hydrogens is 264 g/mol. The molecule has 0 aliphatic carbocycles. The van der Waals surface area contributed by atoms with Crippen LogP contribution in [0.15, 0.2) is 6.33 Å². The van der Waals surface area contributed by atoms with Crippen molar-refractivity contribution in [3.63, 3.8) is 0 Å². The van der Waals surface area contributed by atoms with E-state index in [-0.39, 0.29) is 0 Å². The van der Waals surface area contributed by atoms with E-state index < -0.39 is 5.97 Å². The largest absolute Gasteiger partial charge is 0.477 e. The van der Waals surface area contributed by atoms with Crippen molar-refractivity contribution in [2.45, 2.75) is 27.2 Å². The fourth-order valence-corrected chi connectivity index (χ4v) is 2.72. The Morgan fingerprint density at radius 3 is 2.84 bits per heavy atom. The molecule has 0 amide bonds. The molecule has 0 fully saturated rings. The Morgan fingerprint density at radius 2 is 2.21 bits per heavy atom. The van der Waals surface area contributed by atoms with Gasteiger partial charge in [0, 0.05) is 0 Å². The highest BCUT2D eigenvalue weighted by Gasteiger charge is 2.19. The van der Waals surface area contributed by atoms with Crippen LogP contribution in [-0.2, 0) is 0 Å². The summed E-state index contributed by atoms with van der Waals surface area (Å²) < 4.78 is 5.67. The van der Waals surface area contributed by atoms with E-state index in [9.17, 15) is 4.79 Å². The average Bonchev–Trinajstić information content (AvgIpc) is 2.67. The first-order valence-electron chi connectivity index (χ1n) is 6.11. The summed E-state index contributed by atoms with van der Waals surface area (Å²) in [6.07, 6.45) is 2.34. The van der Waals surface area contributed by atoms with Gasteiger partial charge in [0.05, 0.1) is 12.0 Å². The van der Waals surface area contributed by atoms with E-state index in [0.717, 1.165) is 17.8 Å². The Bertz CT molecular complexity index is 607. The Balaban J connectivity index is 2.36. The number of thiophene rings is 1. The van der Waals surface area contributed by atoms with E-state index in [1.807, 2.05) is 0 Å². The number of carbonyl (C=O) groups is 1. The van der Waals surface area contributed by atoms with Crippen molar-refractivity contribution in [1.82, 2.24) is 9.97 Å². The lowest BCUT2D eigenvalue weighted by Gasteiger charge is -2.08. The van der Waals surface area contributed by atoms with Gasteiger partial charge in [0.15, 0.2) is 0 Å². The lowest BCUT2D eigenvalue weighted by Crippen LogP contribution is -2.03. The van der Waals surface area contributed by atoms with Gasteiger partial charge in [0.2, 0.25) is 5.88 Å². The van der Waals surface area contributed by atoms with Gasteiger partial charge in [-0.3, -0.25) is 0 Å². The molecule has 6 heteroatoms. The summed E-state index contributed by atoms with van der Waals surface area (Å²) in [4.78, 5) is 20.3. The number of aromatic carboxylic acids is 1. The van der Waals surface area contributed by atoms with Gasteiger partial charge >= 0.3 is 5.97 Å². The summed E-state index contributed by atoms with van der Waals surface area (Å²) in [5.74, 6) is 0.0935. The summed E-state index contributed by atoms with van der Waals surface area (Å²) in [6.45, 7) is 6.58. The van der Waals surface area contributed by atoms with E-state index in [1.54, 1.807) is 6.92 Å². The second kappa shape index (κ2) is 5.52. The predicted molar refractivity (Wildman–Crippen MR) is 74.1 cm³/mol. The topological polar surface area (TPSA) is 72.3 Å². The van der Waals surface area contributed by atoms with Crippen LogP contribution in [0.1, 0.15) is 35.5 Å². The van der Waals surface area contributed by atoms with E-state index in [4.69, 9.17) is 9.84 Å². The maximum absolute atomic E-state index is 11.1. The number of aromatic nitrogens is 2. The number of ether oxygens (including phenoxy) is 1. The van der Waals surface area contributed by atoms with Gasteiger partial charge in [-0.15, -0.1) is 11.3 Å². The third-order valence-electron chi connectivity index (χ3n) is 2.82. The normalized spacial score (nSPS) is 11.2. The van der Waals surface area contributed by atoms with Crippen molar-refractivity contribution < 1.29 is 14.6 Å². The average molecular weight is 280 g/mol. The van der Waals surface area contributed by atoms with Crippen LogP contribution in [-0.4, -0.2) is 27.7 Å². The van der Waals surface area contributed by atoms with Crippen molar-refractivity contribution in [3.05, 3.63) is 16.8 Å². The maximum Gasteiger partial charge on any atom is 0.346 e. The quantitative estimate of drug-likeness (QED) is 0.911. The Kier molecular flexibility index (Phi) is 3.99. The number of hydrogen-bond donors (Lipinski definition) is 1. The first-order valence-corrected chi connectivity index (χ1v) is 6.92. The van der Waals surface area contributed by atoms with Crippen molar-refractivity contribution >= 4 is 27.5 Å². The lowest BCUT2D eigenvalue weighted by molar-refractivity contribution is 0.0701. The molecule has 0 atom stereocenters. The zero-order valence-electron chi connectivity index (χ0n) is 11.1. The first kappa shape index (κ1) is 13.7. The number of hydrogen-bond acceptors (Lipinski definition) is 5. The minimum absolute atomic E-state index is 0.296. The monoisotopic (exact) mass is 280 g/mol. The SMILES string of the molecule is Cc1c(C(=O)O)sc2ncnc(OCCC(C)C)c12. The van der Waals surface area contributed by atoms with Crippen molar-refractivity contribution in [2.24, 2.45) is 5.92 Å². The summed E-state index contributed by atoms with van der Waals surface area (Å²) in [5, 5.41) is 9.84. The minimum atomic E-state index is -0.936. The summed E-state index contributed by atoms with van der Waals surface area (Å²) in [6, 6.07) is 0. The second-order valence-corrected chi connectivity index (χ2v) is 5.75. The Hall–Kier alpha value is -1.69. The molecule has 2 heterocycles. The van der Waals surface area contributed by atoms with E-state index in [0.29, 0.717) is 39.1 Å². The molecule has 0 unspecified atom stereocenters. The smallest absolute Gasteiger partial charge is 0.346 e. The Morgan fingerprint density at radius 1 is 1.47 bits per heavy atom. The van der Waals surface area contributed by atoms with Crippen LogP contribution in [0.4, 0.5) is 0 Å². The van der Waals surface area contributed by atoms with Gasteiger partial charge in [-0.05, 0) is 24.8 Å². The summed E-state index contributed by atoms with van der Waals surface area (Å²) in [7, 11) is 0. The van der Waals surface area contributed by atoms with Gasteiger partial charge in [-0.25, -0.2) is 14.8 Å². The van der Waals surface area contributed by atoms with Crippen LogP contribution in [0.25, 0.3) is 10.2 Å². The third-order valence-corrected chi connectivity index (χ3v) is 4.01. The molecule has 0 saturated heterocycles. The second-order valence-electron chi connectivity index (χ2n) is 4.75. The molecule has 5 nitrogen and oxygen atoms in total. The van der Waals surface area contributed by atoms with Gasteiger partial charge < -0.3 is 9.84 Å². The van der Waals surface area contributed by atoms with Gasteiger partial charge in [0.25, 0.3) is 0 Å². The number of carboxylic acid groups (broad SMARTS) is 1. The van der Waals surface area contributed by atoms with Crippen LogP contribution < -0.4 is 4.74 Å². The zero-order valence-corrected chi connectivity index (χ0v) is 12.0. The number of aryl methyl sites for hydroxylation is 1. The number of carboxylic acids is 1. The molecule has 0 aliphatic heterocycles. The zero-order chi connectivity index (χ0) is 14.0. The molecule has 0 radical (unpaired) electrons. The highest BCUT2D eigenvalue weighted by atomic mass is 32.1. The standard InChI is InChI=1S/C13H16N2O3S/c1-7(2)4-5-18-11-9-8(3)10(13(16)17)19-12(9)15-6-14-11/h6-7H,4-5H2,1-3H3,(H,16,17). The Labute approximate surface area is 115 Å². The molecule has 2 aromatic heterocycles. The molecule has 102 valence electrons. The van der Waals surface area contributed by atoms with Crippen molar-refractivity contribution in [1.29, 1.82) is 0 Å². The minimum Gasteiger partial charge on any atom is -0.477 e.